The number of benzene rings is 1. The molecule has 1 aromatic carbocycles. The number of nitrogens with zero attached hydrogens (tertiary/aromatic N) is 4. The van der Waals surface area contributed by atoms with E-state index in [1.165, 1.54) is 0 Å². The van der Waals surface area contributed by atoms with Crippen LogP contribution >= 0.6 is 47.2 Å². The van der Waals surface area contributed by atoms with Crippen molar-refractivity contribution >= 4 is 59.0 Å². The molecule has 0 saturated carbocycles. The molecule has 1 aromatic heterocycles. The summed E-state index contributed by atoms with van der Waals surface area (Å²) in [6.07, 6.45) is 2.57. The third-order valence-electron chi connectivity index (χ3n) is 4.60. The van der Waals surface area contributed by atoms with Crippen molar-refractivity contribution in [1.82, 2.24) is 20.1 Å². The summed E-state index contributed by atoms with van der Waals surface area (Å²) in [5, 5.41) is 4.51. The minimum absolute atomic E-state index is 0. The van der Waals surface area contributed by atoms with Crippen LogP contribution in [0.25, 0.3) is 0 Å². The van der Waals surface area contributed by atoms with Crippen LogP contribution in [0.5, 0.6) is 0 Å². The van der Waals surface area contributed by atoms with Crippen LogP contribution in [0, 0.1) is 0 Å². The fourth-order valence-corrected chi connectivity index (χ4v) is 3.31. The van der Waals surface area contributed by atoms with Crippen LogP contribution in [0.1, 0.15) is 11.1 Å². The van der Waals surface area contributed by atoms with Gasteiger partial charge in [-0.15, -0.1) is 24.0 Å². The Hall–Kier alpha value is -1.58. The van der Waals surface area contributed by atoms with Gasteiger partial charge in [0.25, 0.3) is 0 Å². The molecule has 0 atom stereocenters. The van der Waals surface area contributed by atoms with Crippen molar-refractivity contribution in [1.29, 1.82) is 0 Å². The lowest BCUT2D eigenvalue weighted by molar-refractivity contribution is -0.135. The van der Waals surface area contributed by atoms with Gasteiger partial charge < -0.3 is 15.1 Å². The summed E-state index contributed by atoms with van der Waals surface area (Å²) in [7, 11) is 1.73. The van der Waals surface area contributed by atoms with Crippen molar-refractivity contribution < 1.29 is 4.79 Å². The SMILES string of the molecule is CN=C(NCCc1ccc(Cl)nc1)N1CCN(Cc2ccc(Cl)cc2)C(=O)C1.I. The van der Waals surface area contributed by atoms with Crippen LogP contribution < -0.4 is 5.32 Å². The molecule has 1 saturated heterocycles. The second-order valence-electron chi connectivity index (χ2n) is 6.58. The number of carbonyl (C=O) groups excluding carboxylic acids is 1. The maximum atomic E-state index is 12.6. The van der Waals surface area contributed by atoms with E-state index in [2.05, 4.69) is 15.3 Å². The smallest absolute Gasteiger partial charge is 0.242 e. The van der Waals surface area contributed by atoms with Gasteiger partial charge in [0, 0.05) is 44.4 Å². The van der Waals surface area contributed by atoms with Crippen LogP contribution in [-0.4, -0.2) is 59.9 Å². The zero-order valence-corrected chi connectivity index (χ0v) is 20.0. The normalized spacial score (nSPS) is 14.6. The van der Waals surface area contributed by atoms with Crippen molar-refractivity contribution in [3.05, 3.63) is 63.9 Å². The lowest BCUT2D eigenvalue weighted by atomic mass is 10.2. The highest BCUT2D eigenvalue weighted by atomic mass is 127. The van der Waals surface area contributed by atoms with Crippen LogP contribution in [-0.2, 0) is 17.8 Å². The number of aromatic nitrogens is 1. The second-order valence-corrected chi connectivity index (χ2v) is 7.40. The number of piperazine rings is 1. The summed E-state index contributed by atoms with van der Waals surface area (Å²) >= 11 is 11.7. The number of rotatable bonds is 5. The van der Waals surface area contributed by atoms with Gasteiger partial charge in [0.1, 0.15) is 5.15 Å². The van der Waals surface area contributed by atoms with Crippen molar-refractivity contribution in [2.45, 2.75) is 13.0 Å². The Labute approximate surface area is 198 Å². The molecule has 3 rings (SSSR count). The first-order valence-electron chi connectivity index (χ1n) is 9.13. The van der Waals surface area contributed by atoms with Crippen molar-refractivity contribution in [3.8, 4) is 0 Å². The Morgan fingerprint density at radius 2 is 1.86 bits per heavy atom. The molecule has 1 fully saturated rings. The van der Waals surface area contributed by atoms with Crippen molar-refractivity contribution in [2.75, 3.05) is 33.2 Å². The molecule has 0 unspecified atom stereocenters. The van der Waals surface area contributed by atoms with Crippen LogP contribution in [0.4, 0.5) is 0 Å². The maximum Gasteiger partial charge on any atom is 0.242 e. The van der Waals surface area contributed by atoms with E-state index in [-0.39, 0.29) is 29.9 Å². The largest absolute Gasteiger partial charge is 0.356 e. The number of nitrogens with one attached hydrogen (secondary N) is 1. The Morgan fingerprint density at radius 3 is 2.48 bits per heavy atom. The number of hydrogen-bond acceptors (Lipinski definition) is 3. The third-order valence-corrected chi connectivity index (χ3v) is 5.08. The quantitative estimate of drug-likeness (QED) is 0.269. The van der Waals surface area contributed by atoms with Crippen LogP contribution in [0.2, 0.25) is 10.2 Å². The van der Waals surface area contributed by atoms with Gasteiger partial charge in [-0.2, -0.15) is 0 Å². The predicted molar refractivity (Wildman–Crippen MR) is 128 cm³/mol. The molecule has 0 radical (unpaired) electrons. The molecule has 1 aliphatic rings. The lowest BCUT2D eigenvalue weighted by Gasteiger charge is -2.36. The summed E-state index contributed by atoms with van der Waals surface area (Å²) in [6.45, 7) is 3.01. The molecule has 9 heteroatoms. The Balaban J connectivity index is 0.00000300. The molecule has 156 valence electrons. The fourth-order valence-electron chi connectivity index (χ4n) is 3.07. The molecular formula is C20H24Cl2IN5O. The molecule has 0 spiro atoms. The van der Waals surface area contributed by atoms with Crippen molar-refractivity contribution in [3.63, 3.8) is 0 Å². The summed E-state index contributed by atoms with van der Waals surface area (Å²) in [5.74, 6) is 0.826. The molecule has 1 amide bonds. The maximum absolute atomic E-state index is 12.6. The number of aliphatic imine (C=N–C) groups is 1. The number of pyridine rings is 1. The highest BCUT2D eigenvalue weighted by Crippen LogP contribution is 2.13. The predicted octanol–water partition coefficient (Wildman–Crippen LogP) is 3.47. The highest BCUT2D eigenvalue weighted by Gasteiger charge is 2.25. The summed E-state index contributed by atoms with van der Waals surface area (Å²) in [6, 6.07) is 11.3. The number of amides is 1. The summed E-state index contributed by atoms with van der Waals surface area (Å²) in [4.78, 5) is 24.8. The van der Waals surface area contributed by atoms with Gasteiger partial charge in [-0.3, -0.25) is 9.79 Å². The Kier molecular flexibility index (Phi) is 9.45. The summed E-state index contributed by atoms with van der Waals surface area (Å²) < 4.78 is 0. The minimum Gasteiger partial charge on any atom is -0.356 e. The number of carbonyl (C=O) groups is 1. The average molecular weight is 548 g/mol. The van der Waals surface area contributed by atoms with Gasteiger partial charge in [-0.1, -0.05) is 41.4 Å². The molecule has 2 aromatic rings. The van der Waals surface area contributed by atoms with Gasteiger partial charge in [-0.25, -0.2) is 4.98 Å². The van der Waals surface area contributed by atoms with Gasteiger partial charge >= 0.3 is 0 Å². The van der Waals surface area contributed by atoms with E-state index < -0.39 is 0 Å². The zero-order valence-electron chi connectivity index (χ0n) is 16.1. The monoisotopic (exact) mass is 547 g/mol. The van der Waals surface area contributed by atoms with Crippen molar-refractivity contribution in [2.24, 2.45) is 4.99 Å². The first-order valence-corrected chi connectivity index (χ1v) is 9.89. The van der Waals surface area contributed by atoms with Gasteiger partial charge in [0.2, 0.25) is 5.91 Å². The van der Waals surface area contributed by atoms with Gasteiger partial charge in [0.15, 0.2) is 5.96 Å². The van der Waals surface area contributed by atoms with Crippen LogP contribution in [0.3, 0.4) is 0 Å². The molecule has 0 aliphatic carbocycles. The molecule has 1 aliphatic heterocycles. The minimum atomic E-state index is 0. The van der Waals surface area contributed by atoms with E-state index in [9.17, 15) is 4.79 Å². The average Bonchev–Trinajstić information content (AvgIpc) is 2.70. The molecule has 6 nitrogen and oxygen atoms in total. The number of halogens is 3. The van der Waals surface area contributed by atoms with E-state index in [0.717, 1.165) is 30.1 Å². The first-order chi connectivity index (χ1) is 13.5. The molecule has 2 heterocycles. The first kappa shape index (κ1) is 23.7. The van der Waals surface area contributed by atoms with Gasteiger partial charge in [-0.05, 0) is 35.7 Å². The van der Waals surface area contributed by atoms with Gasteiger partial charge in [0.05, 0.1) is 6.54 Å². The topological polar surface area (TPSA) is 60.8 Å². The molecule has 29 heavy (non-hydrogen) atoms. The third kappa shape index (κ3) is 7.01. The standard InChI is InChI=1S/C20H23Cl2N5O.HI/c1-23-20(24-9-8-15-4-7-18(22)25-12-15)27-11-10-26(19(28)14-27)13-16-2-5-17(21)6-3-16;/h2-7,12H,8-11,13-14H2,1H3,(H,23,24);1H. The second kappa shape index (κ2) is 11.6. The lowest BCUT2D eigenvalue weighted by Crippen LogP contribution is -2.55. The molecule has 1 N–H and O–H groups in total. The molecule has 0 bridgehead atoms. The summed E-state index contributed by atoms with van der Waals surface area (Å²) in [5.41, 5.74) is 2.17. The fraction of sp³-hybridized carbons (Fsp3) is 0.350. The molecular weight excluding hydrogens is 524 g/mol. The Bertz CT molecular complexity index is 830. The number of hydrogen-bond donors (Lipinski definition) is 1. The number of guanidine groups is 1. The Morgan fingerprint density at radius 1 is 1.14 bits per heavy atom. The van der Waals surface area contributed by atoms with E-state index in [4.69, 9.17) is 23.2 Å². The highest BCUT2D eigenvalue weighted by molar-refractivity contribution is 14.0. The van der Waals surface area contributed by atoms with E-state index in [1.54, 1.807) is 19.3 Å². The van der Waals surface area contributed by atoms with E-state index in [1.807, 2.05) is 40.1 Å². The van der Waals surface area contributed by atoms with E-state index >= 15 is 0 Å². The van der Waals surface area contributed by atoms with E-state index in [0.29, 0.717) is 36.4 Å². The van der Waals surface area contributed by atoms with Crippen LogP contribution in [0.15, 0.2) is 47.6 Å². The zero-order chi connectivity index (χ0) is 19.9.